The zero-order chi connectivity index (χ0) is 15.4. The minimum atomic E-state index is 0.139. The highest BCUT2D eigenvalue weighted by Gasteiger charge is 2.11. The summed E-state index contributed by atoms with van der Waals surface area (Å²) in [6, 6.07) is 11.8. The van der Waals surface area contributed by atoms with E-state index >= 15 is 0 Å². The Morgan fingerprint density at radius 3 is 2.62 bits per heavy atom. The normalized spacial score (nSPS) is 12.2. The van der Waals surface area contributed by atoms with Crippen LogP contribution in [0.25, 0.3) is 0 Å². The standard InChI is InChI=1S/C17H19BrClNO/c1-3-15(20)9-12-4-5-13(18)10-17(12)21-16-7-6-14(19)8-11(16)2/h4-8,10,15H,3,9,20H2,1-2H3. The van der Waals surface area contributed by atoms with Crippen LogP contribution in [-0.4, -0.2) is 6.04 Å². The van der Waals surface area contributed by atoms with Gasteiger partial charge in [0.15, 0.2) is 0 Å². The Hall–Kier alpha value is -1.03. The lowest BCUT2D eigenvalue weighted by atomic mass is 10.0. The zero-order valence-corrected chi connectivity index (χ0v) is 14.5. The number of benzene rings is 2. The third-order valence-electron chi connectivity index (χ3n) is 3.39. The minimum Gasteiger partial charge on any atom is -0.457 e. The van der Waals surface area contributed by atoms with Gasteiger partial charge in [-0.3, -0.25) is 0 Å². The first-order valence-corrected chi connectivity index (χ1v) is 8.14. The summed E-state index contributed by atoms with van der Waals surface area (Å²) in [5, 5.41) is 0.710. The summed E-state index contributed by atoms with van der Waals surface area (Å²) in [5.41, 5.74) is 8.19. The van der Waals surface area contributed by atoms with Crippen LogP contribution in [0.4, 0.5) is 0 Å². The predicted molar refractivity (Wildman–Crippen MR) is 92.4 cm³/mol. The van der Waals surface area contributed by atoms with Gasteiger partial charge in [0.05, 0.1) is 0 Å². The van der Waals surface area contributed by atoms with Crippen molar-refractivity contribution in [1.82, 2.24) is 0 Å². The molecule has 0 aliphatic carbocycles. The molecule has 0 radical (unpaired) electrons. The summed E-state index contributed by atoms with van der Waals surface area (Å²) < 4.78 is 7.06. The monoisotopic (exact) mass is 367 g/mol. The molecule has 1 atom stereocenters. The van der Waals surface area contributed by atoms with Gasteiger partial charge in [0.25, 0.3) is 0 Å². The fraction of sp³-hybridized carbons (Fsp3) is 0.294. The first kappa shape index (κ1) is 16.3. The fourth-order valence-electron chi connectivity index (χ4n) is 2.06. The molecule has 4 heteroatoms. The highest BCUT2D eigenvalue weighted by atomic mass is 79.9. The second kappa shape index (κ2) is 7.30. The van der Waals surface area contributed by atoms with E-state index in [-0.39, 0.29) is 6.04 Å². The van der Waals surface area contributed by atoms with E-state index in [2.05, 4.69) is 28.9 Å². The number of halogens is 2. The quantitative estimate of drug-likeness (QED) is 0.758. The lowest BCUT2D eigenvalue weighted by Crippen LogP contribution is -2.21. The topological polar surface area (TPSA) is 35.2 Å². The Morgan fingerprint density at radius 2 is 1.95 bits per heavy atom. The van der Waals surface area contributed by atoms with Gasteiger partial charge in [0, 0.05) is 15.5 Å². The molecule has 2 nitrogen and oxygen atoms in total. The van der Waals surface area contributed by atoms with Crippen molar-refractivity contribution in [3.63, 3.8) is 0 Å². The molecular weight excluding hydrogens is 350 g/mol. The first-order valence-electron chi connectivity index (χ1n) is 6.97. The van der Waals surface area contributed by atoms with Gasteiger partial charge in [0.1, 0.15) is 11.5 Å². The second-order valence-electron chi connectivity index (χ2n) is 5.14. The number of rotatable bonds is 5. The van der Waals surface area contributed by atoms with Crippen LogP contribution in [-0.2, 0) is 6.42 Å². The van der Waals surface area contributed by atoms with E-state index in [4.69, 9.17) is 22.1 Å². The highest BCUT2D eigenvalue weighted by molar-refractivity contribution is 9.10. The molecule has 0 fully saturated rings. The molecule has 1 unspecified atom stereocenters. The van der Waals surface area contributed by atoms with Crippen LogP contribution in [0.2, 0.25) is 5.02 Å². The average molecular weight is 369 g/mol. The summed E-state index contributed by atoms with van der Waals surface area (Å²) in [5.74, 6) is 1.64. The summed E-state index contributed by atoms with van der Waals surface area (Å²) in [6.45, 7) is 4.07. The number of ether oxygens (including phenoxy) is 1. The molecule has 2 rings (SSSR count). The lowest BCUT2D eigenvalue weighted by Gasteiger charge is -2.16. The lowest BCUT2D eigenvalue weighted by molar-refractivity contribution is 0.468. The van der Waals surface area contributed by atoms with Crippen LogP contribution < -0.4 is 10.5 Å². The summed E-state index contributed by atoms with van der Waals surface area (Å²) in [7, 11) is 0. The molecule has 0 aliphatic rings. The molecule has 0 spiro atoms. The Morgan fingerprint density at radius 1 is 1.19 bits per heavy atom. The van der Waals surface area contributed by atoms with Crippen molar-refractivity contribution in [2.45, 2.75) is 32.7 Å². The van der Waals surface area contributed by atoms with E-state index in [1.54, 1.807) is 0 Å². The summed E-state index contributed by atoms with van der Waals surface area (Å²) in [6.07, 6.45) is 1.74. The van der Waals surface area contributed by atoms with Crippen LogP contribution in [0.15, 0.2) is 40.9 Å². The SMILES string of the molecule is CCC(N)Cc1ccc(Br)cc1Oc1ccc(Cl)cc1C. The largest absolute Gasteiger partial charge is 0.457 e. The van der Waals surface area contributed by atoms with Crippen LogP contribution in [0.1, 0.15) is 24.5 Å². The van der Waals surface area contributed by atoms with Crippen LogP contribution in [0.5, 0.6) is 11.5 Å². The van der Waals surface area contributed by atoms with Crippen LogP contribution in [0, 0.1) is 6.92 Å². The Labute approximate surface area is 139 Å². The Kier molecular flexibility index (Phi) is 5.68. The molecule has 2 N–H and O–H groups in total. The molecule has 0 aliphatic heterocycles. The Bertz CT molecular complexity index is 630. The average Bonchev–Trinajstić information content (AvgIpc) is 2.44. The number of hydrogen-bond donors (Lipinski definition) is 1. The van der Waals surface area contributed by atoms with E-state index in [0.29, 0.717) is 5.02 Å². The fourth-order valence-corrected chi connectivity index (χ4v) is 2.63. The molecule has 2 aromatic rings. The molecule has 0 saturated carbocycles. The van der Waals surface area contributed by atoms with Gasteiger partial charge in [0.2, 0.25) is 0 Å². The Balaban J connectivity index is 2.31. The number of hydrogen-bond acceptors (Lipinski definition) is 2. The van der Waals surface area contributed by atoms with Gasteiger partial charge in [-0.25, -0.2) is 0 Å². The van der Waals surface area contributed by atoms with Gasteiger partial charge in [-0.15, -0.1) is 0 Å². The van der Waals surface area contributed by atoms with Crippen molar-refractivity contribution in [1.29, 1.82) is 0 Å². The molecule has 0 heterocycles. The van der Waals surface area contributed by atoms with Crippen molar-refractivity contribution < 1.29 is 4.74 Å². The van der Waals surface area contributed by atoms with Gasteiger partial charge >= 0.3 is 0 Å². The molecule has 0 amide bonds. The van der Waals surface area contributed by atoms with Crippen LogP contribution in [0.3, 0.4) is 0 Å². The van der Waals surface area contributed by atoms with Crippen LogP contribution >= 0.6 is 27.5 Å². The van der Waals surface area contributed by atoms with Crippen molar-refractivity contribution in [2.24, 2.45) is 5.73 Å². The number of nitrogens with two attached hydrogens (primary N) is 1. The molecule has 112 valence electrons. The maximum absolute atomic E-state index is 6.08. The highest BCUT2D eigenvalue weighted by Crippen LogP contribution is 2.32. The van der Waals surface area contributed by atoms with Crippen molar-refractivity contribution in [2.75, 3.05) is 0 Å². The molecular formula is C17H19BrClNO. The summed E-state index contributed by atoms with van der Waals surface area (Å²) in [4.78, 5) is 0. The smallest absolute Gasteiger partial charge is 0.131 e. The van der Waals surface area contributed by atoms with Crippen molar-refractivity contribution in [3.05, 3.63) is 57.0 Å². The maximum atomic E-state index is 6.08. The van der Waals surface area contributed by atoms with E-state index in [9.17, 15) is 0 Å². The van der Waals surface area contributed by atoms with Gasteiger partial charge in [-0.05, 0) is 61.2 Å². The third-order valence-corrected chi connectivity index (χ3v) is 4.12. The first-order chi connectivity index (χ1) is 9.99. The molecule has 2 aromatic carbocycles. The van der Waals surface area contributed by atoms with Gasteiger partial charge < -0.3 is 10.5 Å². The number of aryl methyl sites for hydroxylation is 1. The minimum absolute atomic E-state index is 0.139. The molecule has 21 heavy (non-hydrogen) atoms. The van der Waals surface area contributed by atoms with Gasteiger partial charge in [-0.1, -0.05) is 40.5 Å². The second-order valence-corrected chi connectivity index (χ2v) is 6.49. The predicted octanol–water partition coefficient (Wildman–Crippen LogP) is 5.48. The van der Waals surface area contributed by atoms with E-state index in [0.717, 1.165) is 39.9 Å². The maximum Gasteiger partial charge on any atom is 0.131 e. The van der Waals surface area contributed by atoms with E-state index < -0.39 is 0 Å². The third kappa shape index (κ3) is 4.47. The molecule has 0 aromatic heterocycles. The summed E-state index contributed by atoms with van der Waals surface area (Å²) >= 11 is 9.48. The molecule has 0 bridgehead atoms. The van der Waals surface area contributed by atoms with Gasteiger partial charge in [-0.2, -0.15) is 0 Å². The van der Waals surface area contributed by atoms with E-state index in [1.165, 1.54) is 0 Å². The van der Waals surface area contributed by atoms with Crippen molar-refractivity contribution >= 4 is 27.5 Å². The van der Waals surface area contributed by atoms with E-state index in [1.807, 2.05) is 37.3 Å². The van der Waals surface area contributed by atoms with Crippen molar-refractivity contribution in [3.8, 4) is 11.5 Å². The zero-order valence-electron chi connectivity index (χ0n) is 12.2. The molecule has 0 saturated heterocycles.